The Morgan fingerprint density at radius 2 is 1.70 bits per heavy atom. The van der Waals surface area contributed by atoms with Crippen LogP contribution in [0.15, 0.2) is 83.8 Å². The van der Waals surface area contributed by atoms with Crippen LogP contribution in [0.2, 0.25) is 0 Å². The Morgan fingerprint density at radius 3 is 2.36 bits per heavy atom. The Balaban J connectivity index is 1.60. The van der Waals surface area contributed by atoms with E-state index in [1.165, 1.54) is 15.6 Å². The number of aryl methyl sites for hydroxylation is 1. The quantitative estimate of drug-likeness (QED) is 0.359. The number of rotatable bonds is 7. The topological polar surface area (TPSA) is 66.5 Å². The predicted molar refractivity (Wildman–Crippen MR) is 136 cm³/mol. The Hall–Kier alpha value is -3.16. The predicted octanol–water partition coefficient (Wildman–Crippen LogP) is 5.92. The molecule has 0 aliphatic carbocycles. The molecule has 4 aromatic rings. The summed E-state index contributed by atoms with van der Waals surface area (Å²) in [5.74, 6) is -0.145. The van der Waals surface area contributed by atoms with Crippen LogP contribution in [-0.4, -0.2) is 20.9 Å². The van der Waals surface area contributed by atoms with Crippen LogP contribution in [0, 0.1) is 6.92 Å². The summed E-state index contributed by atoms with van der Waals surface area (Å²) in [6.45, 7) is 5.99. The smallest absolute Gasteiger partial charge is 0.264 e. The first-order valence-corrected chi connectivity index (χ1v) is 13.0. The number of fused-ring (bicyclic) bond motifs is 1. The molecule has 1 atom stereocenters. The number of carbonyl (C=O) groups excluding carboxylic acids is 1. The van der Waals surface area contributed by atoms with Crippen molar-refractivity contribution in [3.8, 4) is 0 Å². The second-order valence-corrected chi connectivity index (χ2v) is 10.9. The highest BCUT2D eigenvalue weighted by atomic mass is 32.2. The first-order valence-electron chi connectivity index (χ1n) is 10.8. The number of carbonyl (C=O) groups is 1. The lowest BCUT2D eigenvalue weighted by molar-refractivity contribution is 0.0944. The molecule has 33 heavy (non-hydrogen) atoms. The monoisotopic (exact) mass is 478 g/mol. The maximum Gasteiger partial charge on any atom is 0.264 e. The zero-order valence-electron chi connectivity index (χ0n) is 18.8. The average Bonchev–Trinajstić information content (AvgIpc) is 3.24. The lowest BCUT2D eigenvalue weighted by Gasteiger charge is -2.23. The third-order valence-corrected chi connectivity index (χ3v) is 8.59. The zero-order chi connectivity index (χ0) is 23.6. The molecule has 1 aromatic heterocycles. The number of benzene rings is 3. The van der Waals surface area contributed by atoms with Gasteiger partial charge in [0.25, 0.3) is 15.9 Å². The van der Waals surface area contributed by atoms with Crippen LogP contribution in [0.1, 0.15) is 40.7 Å². The molecule has 1 N–H and O–H groups in total. The zero-order valence-corrected chi connectivity index (χ0v) is 20.4. The van der Waals surface area contributed by atoms with E-state index in [0.29, 0.717) is 17.1 Å². The summed E-state index contributed by atoms with van der Waals surface area (Å²) in [7, 11) is -3.69. The number of hydrogen-bond acceptors (Lipinski definition) is 4. The third-order valence-electron chi connectivity index (χ3n) is 5.56. The second-order valence-electron chi connectivity index (χ2n) is 7.92. The summed E-state index contributed by atoms with van der Waals surface area (Å²) in [4.78, 5) is 13.7. The molecule has 1 amide bonds. The Labute approximate surface area is 198 Å². The minimum atomic E-state index is -3.69. The van der Waals surface area contributed by atoms with Gasteiger partial charge in [0, 0.05) is 11.2 Å². The molecule has 0 saturated heterocycles. The number of hydrogen-bond donors (Lipinski definition) is 1. The molecule has 3 aromatic carbocycles. The van der Waals surface area contributed by atoms with E-state index >= 15 is 0 Å². The molecule has 7 heteroatoms. The standard InChI is InChI=1S/C26H26N2O3S2/c1-4-28(33(30,31)23-13-10-18(2)11-14-23)22-12-15-24-21(16-22)17-25(32-24)26(29)27-19(3)20-8-6-5-7-9-20/h5-17,19H,4H2,1-3H3,(H,27,29)/t19-/m0/s1. The minimum absolute atomic E-state index is 0.116. The lowest BCUT2D eigenvalue weighted by atomic mass is 10.1. The van der Waals surface area contributed by atoms with Crippen molar-refractivity contribution in [1.82, 2.24) is 5.32 Å². The van der Waals surface area contributed by atoms with Crippen molar-refractivity contribution >= 4 is 43.0 Å². The van der Waals surface area contributed by atoms with Gasteiger partial charge in [-0.25, -0.2) is 8.42 Å². The molecule has 0 radical (unpaired) electrons. The number of anilines is 1. The van der Waals surface area contributed by atoms with Gasteiger partial charge in [-0.2, -0.15) is 0 Å². The van der Waals surface area contributed by atoms with Gasteiger partial charge >= 0.3 is 0 Å². The molecule has 0 aliphatic heterocycles. The largest absolute Gasteiger partial charge is 0.345 e. The van der Waals surface area contributed by atoms with E-state index in [-0.39, 0.29) is 16.8 Å². The summed E-state index contributed by atoms with van der Waals surface area (Å²) in [6.07, 6.45) is 0. The summed E-state index contributed by atoms with van der Waals surface area (Å²) in [6, 6.07) is 23.9. The molecule has 0 fully saturated rings. The molecule has 1 heterocycles. The van der Waals surface area contributed by atoms with Crippen LogP contribution in [-0.2, 0) is 10.0 Å². The van der Waals surface area contributed by atoms with Gasteiger partial charge in [-0.3, -0.25) is 9.10 Å². The molecule has 0 spiro atoms. The van der Waals surface area contributed by atoms with Gasteiger partial charge in [0.05, 0.1) is 21.5 Å². The van der Waals surface area contributed by atoms with E-state index in [1.807, 2.05) is 69.3 Å². The Morgan fingerprint density at radius 1 is 1.00 bits per heavy atom. The van der Waals surface area contributed by atoms with E-state index < -0.39 is 10.0 Å². The SMILES string of the molecule is CCN(c1ccc2sc(C(=O)N[C@@H](C)c3ccccc3)cc2c1)S(=O)(=O)c1ccc(C)cc1. The van der Waals surface area contributed by atoms with E-state index in [0.717, 1.165) is 21.2 Å². The van der Waals surface area contributed by atoms with Gasteiger partial charge in [0.15, 0.2) is 0 Å². The van der Waals surface area contributed by atoms with Gasteiger partial charge in [-0.05, 0) is 68.1 Å². The van der Waals surface area contributed by atoms with Crippen LogP contribution in [0.5, 0.6) is 0 Å². The maximum atomic E-state index is 13.2. The maximum absolute atomic E-state index is 13.2. The van der Waals surface area contributed by atoms with Crippen LogP contribution >= 0.6 is 11.3 Å². The highest BCUT2D eigenvalue weighted by Gasteiger charge is 2.24. The number of nitrogens with one attached hydrogen (secondary N) is 1. The Bertz CT molecular complexity index is 1380. The fourth-order valence-electron chi connectivity index (χ4n) is 3.72. The first-order chi connectivity index (χ1) is 15.8. The van der Waals surface area contributed by atoms with E-state index in [9.17, 15) is 13.2 Å². The van der Waals surface area contributed by atoms with Crippen molar-refractivity contribution in [3.63, 3.8) is 0 Å². The molecular weight excluding hydrogens is 452 g/mol. The number of nitrogens with zero attached hydrogens (tertiary/aromatic N) is 1. The highest BCUT2D eigenvalue weighted by molar-refractivity contribution is 7.92. The van der Waals surface area contributed by atoms with Crippen molar-refractivity contribution in [1.29, 1.82) is 0 Å². The van der Waals surface area contributed by atoms with E-state index in [1.54, 1.807) is 30.3 Å². The van der Waals surface area contributed by atoms with Gasteiger partial charge in [0.1, 0.15) is 0 Å². The van der Waals surface area contributed by atoms with Gasteiger partial charge in [0.2, 0.25) is 0 Å². The van der Waals surface area contributed by atoms with E-state index in [4.69, 9.17) is 0 Å². The summed E-state index contributed by atoms with van der Waals surface area (Å²) in [5, 5.41) is 3.88. The fraction of sp³-hybridized carbons (Fsp3) is 0.192. The van der Waals surface area contributed by atoms with Crippen molar-refractivity contribution in [3.05, 3.63) is 94.9 Å². The molecule has 0 saturated carbocycles. The van der Waals surface area contributed by atoms with Gasteiger partial charge in [-0.1, -0.05) is 48.0 Å². The Kier molecular flexibility index (Phi) is 6.54. The average molecular weight is 479 g/mol. The molecule has 0 aliphatic rings. The highest BCUT2D eigenvalue weighted by Crippen LogP contribution is 2.32. The first kappa shape index (κ1) is 23.0. The van der Waals surface area contributed by atoms with Gasteiger partial charge in [-0.15, -0.1) is 11.3 Å². The lowest BCUT2D eigenvalue weighted by Crippen LogP contribution is -2.30. The molecule has 5 nitrogen and oxygen atoms in total. The van der Waals surface area contributed by atoms with Crippen LogP contribution < -0.4 is 9.62 Å². The molecule has 0 unspecified atom stereocenters. The van der Waals surface area contributed by atoms with Crippen LogP contribution in [0.3, 0.4) is 0 Å². The van der Waals surface area contributed by atoms with Crippen LogP contribution in [0.25, 0.3) is 10.1 Å². The number of thiophene rings is 1. The summed E-state index contributed by atoms with van der Waals surface area (Å²) in [5.41, 5.74) is 2.62. The summed E-state index contributed by atoms with van der Waals surface area (Å²) < 4.78 is 28.8. The van der Waals surface area contributed by atoms with E-state index in [2.05, 4.69) is 5.32 Å². The van der Waals surface area contributed by atoms with Crippen molar-refractivity contribution < 1.29 is 13.2 Å². The third kappa shape index (κ3) is 4.79. The van der Waals surface area contributed by atoms with Crippen molar-refractivity contribution in [2.45, 2.75) is 31.7 Å². The van der Waals surface area contributed by atoms with Crippen LogP contribution in [0.4, 0.5) is 5.69 Å². The van der Waals surface area contributed by atoms with Crippen molar-refractivity contribution in [2.24, 2.45) is 0 Å². The second kappa shape index (κ2) is 9.37. The molecule has 0 bridgehead atoms. The molecule has 4 rings (SSSR count). The molecule has 170 valence electrons. The number of sulfonamides is 1. The minimum Gasteiger partial charge on any atom is -0.345 e. The van der Waals surface area contributed by atoms with Gasteiger partial charge < -0.3 is 5.32 Å². The number of amides is 1. The summed E-state index contributed by atoms with van der Waals surface area (Å²) >= 11 is 1.40. The molecular formula is C26H26N2O3S2. The fourth-order valence-corrected chi connectivity index (χ4v) is 6.13. The normalized spacial score (nSPS) is 12.5. The van der Waals surface area contributed by atoms with Crippen molar-refractivity contribution in [2.75, 3.05) is 10.8 Å².